The Labute approximate surface area is 118 Å². The van der Waals surface area contributed by atoms with Gasteiger partial charge in [-0.25, -0.2) is 4.31 Å². The third-order valence-electron chi connectivity index (χ3n) is 3.91. The van der Waals surface area contributed by atoms with Crippen molar-refractivity contribution in [1.82, 2.24) is 9.62 Å². The summed E-state index contributed by atoms with van der Waals surface area (Å²) in [5, 5.41) is 2.69. The summed E-state index contributed by atoms with van der Waals surface area (Å²) in [7, 11) is -3.46. The molecular weight excluding hydrogens is 280 g/mol. The van der Waals surface area contributed by atoms with E-state index in [2.05, 4.69) is 5.32 Å². The van der Waals surface area contributed by atoms with Crippen LogP contribution in [-0.4, -0.2) is 37.3 Å². The highest BCUT2D eigenvalue weighted by atomic mass is 32.3. The van der Waals surface area contributed by atoms with Crippen molar-refractivity contribution < 1.29 is 18.7 Å². The Bertz CT molecular complexity index is 604. The van der Waals surface area contributed by atoms with Crippen LogP contribution in [0.4, 0.5) is 0 Å². The molecule has 0 aliphatic carbocycles. The summed E-state index contributed by atoms with van der Waals surface area (Å²) in [5.74, 6) is -0.843. The molecule has 0 spiro atoms. The van der Waals surface area contributed by atoms with Gasteiger partial charge < -0.3 is 5.32 Å². The monoisotopic (exact) mass is 296 g/mol. The summed E-state index contributed by atoms with van der Waals surface area (Å²) in [4.78, 5) is 24.9. The summed E-state index contributed by atoms with van der Waals surface area (Å²) < 4.78 is 21.9. The molecule has 2 aliphatic heterocycles. The highest BCUT2D eigenvalue weighted by Crippen LogP contribution is 2.62. The fraction of sp³-hybridized carbons (Fsp3) is 0.385. The molecular formula is C13H16N2O4S. The lowest BCUT2D eigenvalue weighted by Crippen LogP contribution is -2.60. The van der Waals surface area contributed by atoms with Gasteiger partial charge in [-0.15, -0.1) is 0 Å². The van der Waals surface area contributed by atoms with E-state index in [4.69, 9.17) is 0 Å². The van der Waals surface area contributed by atoms with Crippen LogP contribution < -0.4 is 5.32 Å². The van der Waals surface area contributed by atoms with Gasteiger partial charge in [0, 0.05) is 6.54 Å². The van der Waals surface area contributed by atoms with Gasteiger partial charge in [-0.3, -0.25) is 18.7 Å². The van der Waals surface area contributed by atoms with E-state index < -0.39 is 22.2 Å². The largest absolute Gasteiger partial charge is 0.354 e. The minimum absolute atomic E-state index is 0.199. The van der Waals surface area contributed by atoms with E-state index in [0.717, 1.165) is 4.31 Å². The Balaban J connectivity index is 2.12. The second-order valence-corrected chi connectivity index (χ2v) is 7.09. The minimum atomic E-state index is -3.46. The molecule has 0 saturated carbocycles. The van der Waals surface area contributed by atoms with E-state index in [1.165, 1.54) is 6.07 Å². The van der Waals surface area contributed by atoms with Crippen LogP contribution in [0.1, 0.15) is 30.1 Å². The van der Waals surface area contributed by atoms with Crippen molar-refractivity contribution in [3.8, 4) is 0 Å². The summed E-state index contributed by atoms with van der Waals surface area (Å²) in [6.07, 6.45) is 1.10. The van der Waals surface area contributed by atoms with Crippen molar-refractivity contribution in [2.75, 3.05) is 6.54 Å². The second kappa shape index (κ2) is 4.21. The maximum absolute atomic E-state index is 12.5. The van der Waals surface area contributed by atoms with Crippen molar-refractivity contribution in [2.24, 2.45) is 0 Å². The highest BCUT2D eigenvalue weighted by Gasteiger charge is 2.54. The molecule has 20 heavy (non-hydrogen) atoms. The third kappa shape index (κ3) is 1.60. The van der Waals surface area contributed by atoms with E-state index in [0.29, 0.717) is 19.4 Å². The number of hydrogen-bond donors (Lipinski definition) is 3. The minimum Gasteiger partial charge on any atom is -0.354 e. The van der Waals surface area contributed by atoms with Crippen LogP contribution in [0.15, 0.2) is 29.2 Å². The number of amides is 2. The zero-order valence-corrected chi connectivity index (χ0v) is 11.8. The van der Waals surface area contributed by atoms with Gasteiger partial charge in [-0.2, -0.15) is 0 Å². The molecule has 0 bridgehead atoms. The first kappa shape index (κ1) is 13.4. The molecule has 6 nitrogen and oxygen atoms in total. The Morgan fingerprint density at radius 2 is 2.00 bits per heavy atom. The molecule has 2 amide bonds. The Morgan fingerprint density at radius 3 is 2.65 bits per heavy atom. The molecule has 7 heteroatoms. The number of benzene rings is 1. The van der Waals surface area contributed by atoms with Crippen LogP contribution in [0.3, 0.4) is 0 Å². The van der Waals surface area contributed by atoms with Crippen molar-refractivity contribution in [2.45, 2.75) is 30.2 Å². The lowest BCUT2D eigenvalue weighted by Gasteiger charge is -2.48. The average Bonchev–Trinajstić information content (AvgIpc) is 2.62. The van der Waals surface area contributed by atoms with Crippen molar-refractivity contribution in [1.29, 1.82) is 0 Å². The van der Waals surface area contributed by atoms with Crippen LogP contribution in [0, 0.1) is 0 Å². The molecule has 3 rings (SSSR count). The van der Waals surface area contributed by atoms with Gasteiger partial charge in [0.05, 0.1) is 10.5 Å². The first-order valence-electron chi connectivity index (χ1n) is 6.39. The van der Waals surface area contributed by atoms with Gasteiger partial charge in [0.1, 0.15) is 5.54 Å². The first-order valence-corrected chi connectivity index (χ1v) is 7.90. The van der Waals surface area contributed by atoms with Gasteiger partial charge in [-0.1, -0.05) is 22.9 Å². The summed E-state index contributed by atoms with van der Waals surface area (Å²) in [5.41, 5.74) is -0.972. The molecule has 1 aromatic carbocycles. The van der Waals surface area contributed by atoms with Gasteiger partial charge in [0.25, 0.3) is 5.91 Å². The van der Waals surface area contributed by atoms with Crippen LogP contribution in [0.25, 0.3) is 0 Å². The van der Waals surface area contributed by atoms with Gasteiger partial charge in [-0.05, 0) is 31.9 Å². The Morgan fingerprint density at radius 1 is 1.30 bits per heavy atom. The zero-order chi connectivity index (χ0) is 14.5. The van der Waals surface area contributed by atoms with Crippen LogP contribution in [0.5, 0.6) is 0 Å². The average molecular weight is 296 g/mol. The normalized spacial score (nSPS) is 29.9. The molecule has 0 aromatic heterocycles. The molecule has 3 N–H and O–H groups in total. The third-order valence-corrected chi connectivity index (χ3v) is 5.94. The molecule has 1 unspecified atom stereocenters. The van der Waals surface area contributed by atoms with E-state index in [-0.39, 0.29) is 16.4 Å². The Hall–Kier alpha value is -1.57. The topological polar surface area (TPSA) is 89.9 Å². The number of rotatable bonds is 1. The van der Waals surface area contributed by atoms with Crippen LogP contribution >= 0.6 is 10.8 Å². The number of nitrogens with one attached hydrogen (secondary N) is 1. The van der Waals surface area contributed by atoms with Gasteiger partial charge >= 0.3 is 0 Å². The lowest BCUT2D eigenvalue weighted by atomic mass is 9.91. The van der Waals surface area contributed by atoms with Crippen molar-refractivity contribution in [3.05, 3.63) is 29.8 Å². The maximum Gasteiger partial charge on any atom is 0.275 e. The fourth-order valence-corrected chi connectivity index (χ4v) is 4.82. The molecule has 0 radical (unpaired) electrons. The molecule has 108 valence electrons. The Kier molecular flexibility index (Phi) is 2.82. The molecule has 1 fully saturated rings. The van der Waals surface area contributed by atoms with Crippen molar-refractivity contribution >= 4 is 22.6 Å². The van der Waals surface area contributed by atoms with Crippen molar-refractivity contribution in [3.63, 3.8) is 0 Å². The second-order valence-electron chi connectivity index (χ2n) is 5.25. The number of nitrogens with zero attached hydrogens (tertiary/aromatic N) is 1. The zero-order valence-electron chi connectivity index (χ0n) is 11.0. The van der Waals surface area contributed by atoms with E-state index in [1.54, 1.807) is 25.1 Å². The fourth-order valence-electron chi connectivity index (χ4n) is 2.84. The van der Waals surface area contributed by atoms with Crippen LogP contribution in [-0.2, 0) is 4.79 Å². The maximum atomic E-state index is 12.5. The molecule has 2 aliphatic rings. The molecule has 1 saturated heterocycles. The first-order chi connectivity index (χ1) is 9.39. The van der Waals surface area contributed by atoms with E-state index >= 15 is 0 Å². The molecule has 1 aromatic rings. The summed E-state index contributed by atoms with van der Waals surface area (Å²) in [6, 6.07) is 6.38. The number of carbonyl (C=O) groups is 2. The van der Waals surface area contributed by atoms with E-state index in [9.17, 15) is 18.7 Å². The van der Waals surface area contributed by atoms with Crippen LogP contribution in [0.2, 0.25) is 0 Å². The lowest BCUT2D eigenvalue weighted by molar-refractivity contribution is -0.131. The molecule has 2 heterocycles. The van der Waals surface area contributed by atoms with Gasteiger partial charge in [0.15, 0.2) is 0 Å². The van der Waals surface area contributed by atoms with E-state index in [1.807, 2.05) is 0 Å². The molecule has 1 atom stereocenters. The smallest absolute Gasteiger partial charge is 0.275 e. The predicted molar refractivity (Wildman–Crippen MR) is 74.4 cm³/mol. The van der Waals surface area contributed by atoms with Gasteiger partial charge in [0.2, 0.25) is 5.91 Å². The summed E-state index contributed by atoms with van der Waals surface area (Å²) >= 11 is 0. The number of piperidine rings is 1. The number of hydrogen-bond acceptors (Lipinski definition) is 4. The predicted octanol–water partition coefficient (Wildman–Crippen LogP) is 1.84. The number of carbonyl (C=O) groups excluding carboxylic acids is 2. The number of fused-ring (bicyclic) bond motifs is 1. The summed E-state index contributed by atoms with van der Waals surface area (Å²) in [6.45, 7) is 2.13. The standard InChI is InChI=1S/C13H16N2O4S/c1-13(7-4-8-14-12(13)17)15-11(16)9-5-2-3-6-10(9)20(15,18)19/h2-3,5-6,18-19H,4,7-8H2,1H3,(H,14,17). The quantitative estimate of drug-likeness (QED) is 0.737. The SMILES string of the molecule is CC1(N2C(=O)c3ccccc3S2(O)O)CCCNC1=O. The highest BCUT2D eigenvalue weighted by molar-refractivity contribution is 8.23.